The van der Waals surface area contributed by atoms with Crippen LogP contribution in [0.15, 0.2) is 6.20 Å². The van der Waals surface area contributed by atoms with Gasteiger partial charge in [-0.1, -0.05) is 25.7 Å². The van der Waals surface area contributed by atoms with Crippen molar-refractivity contribution in [2.75, 3.05) is 0 Å². The third-order valence-corrected chi connectivity index (χ3v) is 4.36. The highest BCUT2D eigenvalue weighted by Gasteiger charge is 2.18. The van der Waals surface area contributed by atoms with Crippen LogP contribution in [0.1, 0.15) is 22.7 Å². The molecule has 15 heavy (non-hydrogen) atoms. The van der Waals surface area contributed by atoms with E-state index in [4.69, 9.17) is 0 Å². The first-order valence-electron chi connectivity index (χ1n) is 5.33. The SMILES string of the molecule is Cc1ncc(C(=O)CC[Si](C)(C)C)n1C. The molecule has 4 heteroatoms. The molecule has 1 aromatic rings. The summed E-state index contributed by atoms with van der Waals surface area (Å²) in [5, 5.41) is 0. The maximum Gasteiger partial charge on any atom is 0.180 e. The third-order valence-electron chi connectivity index (χ3n) is 2.61. The quantitative estimate of drug-likeness (QED) is 0.582. The Kier molecular flexibility index (Phi) is 3.49. The van der Waals surface area contributed by atoms with Crippen LogP contribution >= 0.6 is 0 Å². The molecule has 0 N–H and O–H groups in total. The van der Waals surface area contributed by atoms with E-state index in [0.29, 0.717) is 6.42 Å². The molecular formula is C11H20N2OSi. The number of carbonyl (C=O) groups is 1. The first kappa shape index (κ1) is 12.2. The van der Waals surface area contributed by atoms with E-state index in [1.807, 2.05) is 18.5 Å². The molecule has 0 aromatic carbocycles. The van der Waals surface area contributed by atoms with Gasteiger partial charge in [0.1, 0.15) is 11.5 Å². The topological polar surface area (TPSA) is 34.9 Å². The summed E-state index contributed by atoms with van der Waals surface area (Å²) in [7, 11) is 0.779. The van der Waals surface area contributed by atoms with Gasteiger partial charge in [0.25, 0.3) is 0 Å². The first-order chi connectivity index (χ1) is 6.81. The van der Waals surface area contributed by atoms with E-state index in [1.165, 1.54) is 0 Å². The highest BCUT2D eigenvalue weighted by atomic mass is 28.3. The lowest BCUT2D eigenvalue weighted by atomic mass is 10.2. The summed E-state index contributed by atoms with van der Waals surface area (Å²) in [6.45, 7) is 8.77. The van der Waals surface area contributed by atoms with Crippen LogP contribution in [0.2, 0.25) is 25.7 Å². The molecule has 1 aromatic heterocycles. The van der Waals surface area contributed by atoms with Crippen LogP contribution in [-0.2, 0) is 7.05 Å². The van der Waals surface area contributed by atoms with Crippen molar-refractivity contribution in [3.05, 3.63) is 17.7 Å². The van der Waals surface area contributed by atoms with Crippen molar-refractivity contribution < 1.29 is 4.79 Å². The molecular weight excluding hydrogens is 204 g/mol. The molecule has 0 radical (unpaired) electrons. The van der Waals surface area contributed by atoms with Crippen LogP contribution in [0.5, 0.6) is 0 Å². The summed E-state index contributed by atoms with van der Waals surface area (Å²) in [6, 6.07) is 1.05. The lowest BCUT2D eigenvalue weighted by Crippen LogP contribution is -2.21. The lowest BCUT2D eigenvalue weighted by Gasteiger charge is -2.14. The molecule has 0 aliphatic heterocycles. The minimum atomic E-state index is -1.11. The van der Waals surface area contributed by atoms with Gasteiger partial charge in [0.2, 0.25) is 0 Å². The molecule has 1 heterocycles. The molecule has 0 saturated heterocycles. The van der Waals surface area contributed by atoms with Gasteiger partial charge in [0.15, 0.2) is 5.78 Å². The maximum atomic E-state index is 11.9. The molecule has 0 aliphatic carbocycles. The maximum absolute atomic E-state index is 11.9. The lowest BCUT2D eigenvalue weighted by molar-refractivity contribution is 0.0979. The predicted octanol–water partition coefficient (Wildman–Crippen LogP) is 2.64. The standard InChI is InChI=1S/C11H20N2OSi/c1-9-12-8-10(13(9)2)11(14)6-7-15(3,4)5/h8H,6-7H2,1-5H3. The van der Waals surface area contributed by atoms with E-state index in [9.17, 15) is 4.79 Å². The second-order valence-corrected chi connectivity index (χ2v) is 10.9. The molecule has 0 fully saturated rings. The zero-order valence-electron chi connectivity index (χ0n) is 10.3. The Morgan fingerprint density at radius 3 is 2.47 bits per heavy atom. The third kappa shape index (κ3) is 3.30. The Morgan fingerprint density at radius 1 is 1.47 bits per heavy atom. The Hall–Kier alpha value is -0.903. The zero-order valence-corrected chi connectivity index (χ0v) is 11.3. The number of aromatic nitrogens is 2. The smallest absolute Gasteiger partial charge is 0.180 e. The normalized spacial score (nSPS) is 11.8. The fraction of sp³-hybridized carbons (Fsp3) is 0.636. The number of hydrogen-bond acceptors (Lipinski definition) is 2. The highest BCUT2D eigenvalue weighted by molar-refractivity contribution is 6.76. The minimum Gasteiger partial charge on any atom is -0.329 e. The number of Topliss-reactive ketones (excluding diaryl/α,β-unsaturated/α-hetero) is 1. The van der Waals surface area contributed by atoms with Crippen LogP contribution in [-0.4, -0.2) is 23.4 Å². The van der Waals surface area contributed by atoms with Gasteiger partial charge >= 0.3 is 0 Å². The predicted molar refractivity (Wildman–Crippen MR) is 65.0 cm³/mol. The summed E-state index contributed by atoms with van der Waals surface area (Å²) >= 11 is 0. The molecule has 0 atom stereocenters. The van der Waals surface area contributed by atoms with Crippen molar-refractivity contribution in [2.24, 2.45) is 7.05 Å². The molecule has 1 rings (SSSR count). The molecule has 0 unspecified atom stereocenters. The van der Waals surface area contributed by atoms with Crippen LogP contribution in [0.3, 0.4) is 0 Å². The van der Waals surface area contributed by atoms with Crippen molar-refractivity contribution in [2.45, 2.75) is 39.0 Å². The van der Waals surface area contributed by atoms with Crippen LogP contribution in [0.4, 0.5) is 0 Å². The van der Waals surface area contributed by atoms with Crippen LogP contribution in [0.25, 0.3) is 0 Å². The largest absolute Gasteiger partial charge is 0.329 e. The molecule has 0 spiro atoms. The minimum absolute atomic E-state index is 0.223. The summed E-state index contributed by atoms with van der Waals surface area (Å²) < 4.78 is 1.87. The Balaban J connectivity index is 2.66. The number of imidazole rings is 1. The summed E-state index contributed by atoms with van der Waals surface area (Å²) in [5.74, 6) is 1.12. The number of carbonyl (C=O) groups excluding carboxylic acids is 1. The van der Waals surface area contributed by atoms with E-state index in [-0.39, 0.29) is 5.78 Å². The second-order valence-electron chi connectivity index (χ2n) is 5.23. The zero-order chi connectivity index (χ0) is 11.6. The van der Waals surface area contributed by atoms with Gasteiger partial charge in [-0.05, 0) is 6.92 Å². The molecule has 0 bridgehead atoms. The van der Waals surface area contributed by atoms with Gasteiger partial charge < -0.3 is 4.57 Å². The van der Waals surface area contributed by atoms with Crippen molar-refractivity contribution in [3.8, 4) is 0 Å². The van der Waals surface area contributed by atoms with E-state index in [0.717, 1.165) is 17.6 Å². The number of rotatable bonds is 4. The molecule has 0 aliphatic rings. The monoisotopic (exact) mass is 224 g/mol. The van der Waals surface area contributed by atoms with E-state index in [1.54, 1.807) is 6.20 Å². The molecule has 84 valence electrons. The highest BCUT2D eigenvalue weighted by Crippen LogP contribution is 2.14. The van der Waals surface area contributed by atoms with Gasteiger partial charge in [-0.2, -0.15) is 0 Å². The van der Waals surface area contributed by atoms with Gasteiger partial charge in [0.05, 0.1) is 6.20 Å². The van der Waals surface area contributed by atoms with Crippen molar-refractivity contribution in [1.82, 2.24) is 9.55 Å². The summed E-state index contributed by atoms with van der Waals surface area (Å²) in [4.78, 5) is 16.0. The fourth-order valence-electron chi connectivity index (χ4n) is 1.38. The Bertz CT molecular complexity index is 363. The van der Waals surface area contributed by atoms with Gasteiger partial charge in [0, 0.05) is 21.5 Å². The van der Waals surface area contributed by atoms with Gasteiger partial charge in [-0.3, -0.25) is 4.79 Å². The van der Waals surface area contributed by atoms with Crippen molar-refractivity contribution in [1.29, 1.82) is 0 Å². The average molecular weight is 224 g/mol. The van der Waals surface area contributed by atoms with E-state index >= 15 is 0 Å². The average Bonchev–Trinajstić information content (AvgIpc) is 2.43. The summed E-state index contributed by atoms with van der Waals surface area (Å²) in [5.41, 5.74) is 0.741. The van der Waals surface area contributed by atoms with Crippen molar-refractivity contribution in [3.63, 3.8) is 0 Å². The van der Waals surface area contributed by atoms with Crippen molar-refractivity contribution >= 4 is 13.9 Å². The first-order valence-corrected chi connectivity index (χ1v) is 9.03. The van der Waals surface area contributed by atoms with E-state index in [2.05, 4.69) is 24.6 Å². The molecule has 0 amide bonds. The summed E-state index contributed by atoms with van der Waals surface area (Å²) in [6.07, 6.45) is 2.34. The Labute approximate surface area is 92.5 Å². The second kappa shape index (κ2) is 4.31. The molecule has 3 nitrogen and oxygen atoms in total. The fourth-order valence-corrected chi connectivity index (χ4v) is 2.35. The molecule has 0 saturated carbocycles. The number of hydrogen-bond donors (Lipinski definition) is 0. The number of nitrogens with zero attached hydrogens (tertiary/aromatic N) is 2. The number of ketones is 1. The number of aryl methyl sites for hydroxylation is 1. The van der Waals surface area contributed by atoms with E-state index < -0.39 is 8.07 Å². The van der Waals surface area contributed by atoms with Crippen LogP contribution in [0, 0.1) is 6.92 Å². The van der Waals surface area contributed by atoms with Crippen LogP contribution < -0.4 is 0 Å². The Morgan fingerprint density at radius 2 is 2.07 bits per heavy atom. The van der Waals surface area contributed by atoms with Gasteiger partial charge in [-0.25, -0.2) is 4.98 Å². The van der Waals surface area contributed by atoms with Gasteiger partial charge in [-0.15, -0.1) is 0 Å².